The number of nitrogens with one attached hydrogen (secondary N) is 1. The van der Waals surface area contributed by atoms with Crippen molar-refractivity contribution < 1.29 is 18.3 Å². The van der Waals surface area contributed by atoms with Gasteiger partial charge in [0.1, 0.15) is 5.75 Å². The van der Waals surface area contributed by atoms with E-state index in [0.717, 1.165) is 11.1 Å². The second-order valence-electron chi connectivity index (χ2n) is 4.65. The summed E-state index contributed by atoms with van der Waals surface area (Å²) in [6, 6.07) is 11.5. The van der Waals surface area contributed by atoms with Gasteiger partial charge in [-0.25, -0.2) is 0 Å². The molecule has 21 heavy (non-hydrogen) atoms. The zero-order chi connectivity index (χ0) is 15.4. The van der Waals surface area contributed by atoms with Gasteiger partial charge in [-0.05, 0) is 37.6 Å². The zero-order valence-corrected chi connectivity index (χ0v) is 11.7. The highest BCUT2D eigenvalue weighted by Crippen LogP contribution is 2.23. The molecule has 2 rings (SSSR count). The maximum Gasteiger partial charge on any atom is 0.387 e. The highest BCUT2D eigenvalue weighted by Gasteiger charge is 2.15. The van der Waals surface area contributed by atoms with Crippen LogP contribution in [0, 0.1) is 13.8 Å². The highest BCUT2D eigenvalue weighted by atomic mass is 19.3. The molecule has 0 saturated heterocycles. The molecular formula is C16H15F2NO2. The lowest BCUT2D eigenvalue weighted by atomic mass is 10.1. The third-order valence-electron chi connectivity index (χ3n) is 2.98. The number of hydrogen-bond donors (Lipinski definition) is 1. The van der Waals surface area contributed by atoms with Gasteiger partial charge in [0, 0.05) is 5.69 Å². The van der Waals surface area contributed by atoms with E-state index in [1.165, 1.54) is 18.2 Å². The fraction of sp³-hybridized carbons (Fsp3) is 0.188. The molecule has 0 saturated carbocycles. The fourth-order valence-electron chi connectivity index (χ4n) is 2.00. The van der Waals surface area contributed by atoms with Crippen molar-refractivity contribution in [1.82, 2.24) is 0 Å². The van der Waals surface area contributed by atoms with Gasteiger partial charge in [-0.15, -0.1) is 0 Å². The number of benzene rings is 2. The fourth-order valence-corrected chi connectivity index (χ4v) is 2.00. The van der Waals surface area contributed by atoms with Crippen LogP contribution in [-0.2, 0) is 0 Å². The summed E-state index contributed by atoms with van der Waals surface area (Å²) in [6.07, 6.45) is 0. The summed E-state index contributed by atoms with van der Waals surface area (Å²) < 4.78 is 29.1. The largest absolute Gasteiger partial charge is 0.434 e. The van der Waals surface area contributed by atoms with Crippen molar-refractivity contribution in [3.05, 3.63) is 59.2 Å². The van der Waals surface area contributed by atoms with Gasteiger partial charge in [0.05, 0.1) is 5.56 Å². The van der Waals surface area contributed by atoms with Gasteiger partial charge in [-0.1, -0.05) is 29.8 Å². The number of amides is 1. The van der Waals surface area contributed by atoms with Crippen LogP contribution in [-0.4, -0.2) is 12.5 Å². The molecule has 110 valence electrons. The molecule has 0 bridgehead atoms. The van der Waals surface area contributed by atoms with E-state index in [1.54, 1.807) is 12.1 Å². The summed E-state index contributed by atoms with van der Waals surface area (Å²) in [5, 5.41) is 2.70. The molecule has 0 atom stereocenters. The van der Waals surface area contributed by atoms with E-state index in [9.17, 15) is 13.6 Å². The van der Waals surface area contributed by atoms with Crippen LogP contribution < -0.4 is 10.1 Å². The Balaban J connectivity index is 2.24. The van der Waals surface area contributed by atoms with Crippen molar-refractivity contribution in [1.29, 1.82) is 0 Å². The molecule has 2 aromatic carbocycles. The summed E-state index contributed by atoms with van der Waals surface area (Å²) in [5.41, 5.74) is 2.68. The van der Waals surface area contributed by atoms with Gasteiger partial charge < -0.3 is 10.1 Å². The lowest BCUT2D eigenvalue weighted by Gasteiger charge is -2.12. The van der Waals surface area contributed by atoms with E-state index in [1.807, 2.05) is 26.0 Å². The SMILES string of the molecule is Cc1ccc(NC(=O)c2ccccc2OC(F)F)c(C)c1. The van der Waals surface area contributed by atoms with Crippen LogP contribution in [0.2, 0.25) is 0 Å². The van der Waals surface area contributed by atoms with Gasteiger partial charge in [0.25, 0.3) is 5.91 Å². The van der Waals surface area contributed by atoms with Crippen molar-refractivity contribution in [2.24, 2.45) is 0 Å². The summed E-state index contributed by atoms with van der Waals surface area (Å²) in [6.45, 7) is 0.842. The molecule has 0 fully saturated rings. The Morgan fingerprint density at radius 2 is 1.86 bits per heavy atom. The molecule has 0 aliphatic carbocycles. The number of alkyl halides is 2. The Morgan fingerprint density at radius 1 is 1.14 bits per heavy atom. The van der Waals surface area contributed by atoms with Crippen molar-refractivity contribution in [3.8, 4) is 5.75 Å². The van der Waals surface area contributed by atoms with E-state index in [-0.39, 0.29) is 11.3 Å². The topological polar surface area (TPSA) is 38.3 Å². The summed E-state index contributed by atoms with van der Waals surface area (Å²) in [5.74, 6) is -0.632. The molecule has 0 radical (unpaired) electrons. The Labute approximate surface area is 121 Å². The van der Waals surface area contributed by atoms with Crippen molar-refractivity contribution in [2.75, 3.05) is 5.32 Å². The quantitative estimate of drug-likeness (QED) is 0.918. The molecule has 0 aliphatic heterocycles. The minimum Gasteiger partial charge on any atom is -0.434 e. The first-order chi connectivity index (χ1) is 9.97. The van der Waals surface area contributed by atoms with E-state index in [0.29, 0.717) is 5.69 Å². The number of carbonyl (C=O) groups excluding carboxylic acids is 1. The third kappa shape index (κ3) is 3.78. The number of hydrogen-bond acceptors (Lipinski definition) is 2. The van der Waals surface area contributed by atoms with E-state index in [2.05, 4.69) is 10.1 Å². The number of aryl methyl sites for hydroxylation is 2. The molecule has 0 heterocycles. The molecular weight excluding hydrogens is 276 g/mol. The molecule has 0 aromatic heterocycles. The van der Waals surface area contributed by atoms with Crippen molar-refractivity contribution in [2.45, 2.75) is 20.5 Å². The molecule has 0 unspecified atom stereocenters. The summed E-state index contributed by atoms with van der Waals surface area (Å²) >= 11 is 0. The van der Waals surface area contributed by atoms with Crippen LogP contribution in [0.3, 0.4) is 0 Å². The van der Waals surface area contributed by atoms with Crippen LogP contribution in [0.1, 0.15) is 21.5 Å². The van der Waals surface area contributed by atoms with Gasteiger partial charge in [0.15, 0.2) is 0 Å². The van der Waals surface area contributed by atoms with Gasteiger partial charge in [-0.3, -0.25) is 4.79 Å². The molecule has 2 aromatic rings. The molecule has 1 N–H and O–H groups in total. The summed E-state index contributed by atoms with van der Waals surface area (Å²) in [7, 11) is 0. The molecule has 0 spiro atoms. The second-order valence-corrected chi connectivity index (χ2v) is 4.65. The smallest absolute Gasteiger partial charge is 0.387 e. The number of carbonyl (C=O) groups is 1. The Morgan fingerprint density at radius 3 is 2.52 bits per heavy atom. The molecule has 3 nitrogen and oxygen atoms in total. The first-order valence-electron chi connectivity index (χ1n) is 6.40. The van der Waals surface area contributed by atoms with E-state index >= 15 is 0 Å². The first-order valence-corrected chi connectivity index (χ1v) is 6.40. The maximum absolute atomic E-state index is 12.3. The van der Waals surface area contributed by atoms with Crippen LogP contribution >= 0.6 is 0 Å². The van der Waals surface area contributed by atoms with Crippen LogP contribution in [0.4, 0.5) is 14.5 Å². The second kappa shape index (κ2) is 6.35. The number of para-hydroxylation sites is 1. The normalized spacial score (nSPS) is 10.5. The van der Waals surface area contributed by atoms with E-state index in [4.69, 9.17) is 0 Å². The van der Waals surface area contributed by atoms with Crippen LogP contribution in [0.5, 0.6) is 5.75 Å². The zero-order valence-electron chi connectivity index (χ0n) is 11.7. The van der Waals surface area contributed by atoms with Crippen LogP contribution in [0.15, 0.2) is 42.5 Å². The van der Waals surface area contributed by atoms with Crippen molar-refractivity contribution >= 4 is 11.6 Å². The Bertz CT molecular complexity index is 656. The number of ether oxygens (including phenoxy) is 1. The number of anilines is 1. The molecule has 1 amide bonds. The minimum atomic E-state index is -2.97. The first kappa shape index (κ1) is 15.0. The predicted octanol–water partition coefficient (Wildman–Crippen LogP) is 4.16. The maximum atomic E-state index is 12.3. The average Bonchev–Trinajstić information content (AvgIpc) is 2.42. The molecule has 5 heteroatoms. The number of halogens is 2. The Kier molecular flexibility index (Phi) is 4.52. The monoisotopic (exact) mass is 291 g/mol. The highest BCUT2D eigenvalue weighted by molar-refractivity contribution is 6.06. The van der Waals surface area contributed by atoms with Gasteiger partial charge in [-0.2, -0.15) is 8.78 Å². The van der Waals surface area contributed by atoms with Gasteiger partial charge >= 0.3 is 6.61 Å². The lowest BCUT2D eigenvalue weighted by Crippen LogP contribution is -2.15. The van der Waals surface area contributed by atoms with Crippen molar-refractivity contribution in [3.63, 3.8) is 0 Å². The van der Waals surface area contributed by atoms with E-state index < -0.39 is 12.5 Å². The average molecular weight is 291 g/mol. The Hall–Kier alpha value is -2.43. The van der Waals surface area contributed by atoms with Gasteiger partial charge in [0.2, 0.25) is 0 Å². The van der Waals surface area contributed by atoms with Crippen LogP contribution in [0.25, 0.3) is 0 Å². The number of rotatable bonds is 4. The molecule has 0 aliphatic rings. The minimum absolute atomic E-state index is 0.0674. The third-order valence-corrected chi connectivity index (χ3v) is 2.98. The standard InChI is InChI=1S/C16H15F2NO2/c1-10-7-8-13(11(2)9-10)19-15(20)12-5-3-4-6-14(12)21-16(17)18/h3-9,16H,1-2H3,(H,19,20). The predicted molar refractivity (Wildman–Crippen MR) is 76.9 cm³/mol. The lowest BCUT2D eigenvalue weighted by molar-refractivity contribution is -0.0501. The summed E-state index contributed by atoms with van der Waals surface area (Å²) in [4.78, 5) is 12.2.